The average Bonchev–Trinajstić information content (AvgIpc) is 3.34. The third kappa shape index (κ3) is 4.06. The van der Waals surface area contributed by atoms with E-state index >= 15 is 0 Å². The second-order valence-electron chi connectivity index (χ2n) is 8.12. The van der Waals surface area contributed by atoms with Gasteiger partial charge in [-0.15, -0.1) is 0 Å². The zero-order chi connectivity index (χ0) is 22.1. The molecule has 3 aromatic heterocycles. The molecule has 0 saturated carbocycles. The molecule has 5 heterocycles. The van der Waals surface area contributed by atoms with E-state index in [-0.39, 0.29) is 5.91 Å². The number of fused-ring (bicyclic) bond motifs is 1. The van der Waals surface area contributed by atoms with Gasteiger partial charge in [-0.3, -0.25) is 4.79 Å². The van der Waals surface area contributed by atoms with Crippen LogP contribution in [0, 0.1) is 0 Å². The van der Waals surface area contributed by atoms with Gasteiger partial charge in [-0.05, 0) is 38.0 Å². The molecule has 1 amide bonds. The maximum absolute atomic E-state index is 12.1. The number of amides is 1. The molecule has 0 unspecified atom stereocenters. The number of nitrogens with one attached hydrogen (secondary N) is 2. The summed E-state index contributed by atoms with van der Waals surface area (Å²) in [5.74, 6) is 1.83. The maximum atomic E-state index is 12.1. The van der Waals surface area contributed by atoms with Crippen LogP contribution in [-0.4, -0.2) is 63.7 Å². The third-order valence-corrected chi connectivity index (χ3v) is 5.79. The van der Waals surface area contributed by atoms with Crippen LogP contribution in [0.5, 0.6) is 0 Å². The van der Waals surface area contributed by atoms with Crippen molar-refractivity contribution < 1.29 is 9.90 Å². The Morgan fingerprint density at radius 3 is 2.69 bits per heavy atom. The number of hydrogen-bond acceptors (Lipinski definition) is 9. The minimum absolute atomic E-state index is 0.0372. The van der Waals surface area contributed by atoms with Crippen LogP contribution in [0.4, 0.5) is 23.3 Å². The van der Waals surface area contributed by atoms with Crippen molar-refractivity contribution in [3.8, 4) is 0 Å². The summed E-state index contributed by atoms with van der Waals surface area (Å²) in [6.07, 6.45) is 4.99. The van der Waals surface area contributed by atoms with Crippen LogP contribution in [0.25, 0.3) is 10.9 Å². The number of anilines is 4. The normalized spacial score (nSPS) is 17.8. The van der Waals surface area contributed by atoms with Crippen molar-refractivity contribution in [3.63, 3.8) is 0 Å². The lowest BCUT2D eigenvalue weighted by Crippen LogP contribution is -2.48. The molecule has 5 rings (SSSR count). The van der Waals surface area contributed by atoms with Crippen molar-refractivity contribution in [3.05, 3.63) is 36.3 Å². The van der Waals surface area contributed by atoms with E-state index in [2.05, 4.69) is 25.5 Å². The molecule has 2 aliphatic heterocycles. The quantitative estimate of drug-likeness (QED) is 0.552. The first-order chi connectivity index (χ1) is 15.6. The highest BCUT2D eigenvalue weighted by molar-refractivity contribution is 5.95. The monoisotopic (exact) mass is 434 g/mol. The van der Waals surface area contributed by atoms with E-state index in [9.17, 15) is 9.90 Å². The molecule has 0 spiro atoms. The molecule has 32 heavy (non-hydrogen) atoms. The molecule has 3 aromatic rings. The summed E-state index contributed by atoms with van der Waals surface area (Å²) >= 11 is 0. The van der Waals surface area contributed by atoms with Crippen molar-refractivity contribution >= 4 is 40.1 Å². The van der Waals surface area contributed by atoms with E-state index in [1.807, 2.05) is 18.2 Å². The predicted octanol–water partition coefficient (Wildman–Crippen LogP) is 1.75. The summed E-state index contributed by atoms with van der Waals surface area (Å²) in [5, 5.41) is 17.1. The number of aromatic nitrogens is 4. The second-order valence-corrected chi connectivity index (χ2v) is 8.12. The minimum atomic E-state index is -0.663. The average molecular weight is 435 g/mol. The Kier molecular flexibility index (Phi) is 5.54. The number of piperazine rings is 1. The fourth-order valence-corrected chi connectivity index (χ4v) is 4.08. The van der Waals surface area contributed by atoms with Crippen molar-refractivity contribution in [1.82, 2.24) is 25.3 Å². The number of carbonyl (C=O) groups excluding carboxylic acids is 1. The SMILES string of the molecule is C[C@@H](O)c1cc2cnc(Nc3ccc(N4CCNCC4=O)cn3)nc2c(N2CCCC2)n1. The molecule has 2 aliphatic rings. The summed E-state index contributed by atoms with van der Waals surface area (Å²) < 4.78 is 0. The fourth-order valence-electron chi connectivity index (χ4n) is 4.08. The maximum Gasteiger partial charge on any atom is 0.241 e. The van der Waals surface area contributed by atoms with Gasteiger partial charge in [0.1, 0.15) is 11.3 Å². The molecule has 2 saturated heterocycles. The number of carbonyl (C=O) groups is 1. The first-order valence-corrected chi connectivity index (χ1v) is 10.9. The van der Waals surface area contributed by atoms with Gasteiger partial charge < -0.3 is 25.5 Å². The van der Waals surface area contributed by atoms with Crippen molar-refractivity contribution in [2.45, 2.75) is 25.9 Å². The van der Waals surface area contributed by atoms with E-state index in [1.165, 1.54) is 0 Å². The highest BCUT2D eigenvalue weighted by atomic mass is 16.3. The lowest BCUT2D eigenvalue weighted by atomic mass is 10.2. The number of rotatable bonds is 5. The number of nitrogens with zero attached hydrogens (tertiary/aromatic N) is 6. The molecule has 1 atom stereocenters. The number of aliphatic hydroxyl groups excluding tert-OH is 1. The van der Waals surface area contributed by atoms with Crippen molar-refractivity contribution in [2.24, 2.45) is 0 Å². The lowest BCUT2D eigenvalue weighted by molar-refractivity contribution is -0.118. The molecule has 10 nitrogen and oxygen atoms in total. The number of aliphatic hydroxyl groups is 1. The van der Waals surface area contributed by atoms with Crippen LogP contribution in [0.1, 0.15) is 31.6 Å². The topological polar surface area (TPSA) is 119 Å². The molecule has 10 heteroatoms. The fraction of sp³-hybridized carbons (Fsp3) is 0.409. The highest BCUT2D eigenvalue weighted by Crippen LogP contribution is 2.29. The van der Waals surface area contributed by atoms with Gasteiger partial charge in [-0.1, -0.05) is 0 Å². The molecule has 0 aliphatic carbocycles. The standard InChI is InChI=1S/C22H26N8O2/c1-14(31)17-10-15-11-25-22(28-20(15)21(26-17)29-7-2-3-8-29)27-18-5-4-16(12-24-18)30-9-6-23-13-19(30)32/h4-5,10-12,14,23,31H,2-3,6-9,13H2,1H3,(H,24,25,27,28)/t14-/m1/s1. The first-order valence-electron chi connectivity index (χ1n) is 10.9. The van der Waals surface area contributed by atoms with Gasteiger partial charge in [-0.2, -0.15) is 0 Å². The third-order valence-electron chi connectivity index (χ3n) is 5.79. The number of pyridine rings is 2. The van der Waals surface area contributed by atoms with Crippen LogP contribution in [0.15, 0.2) is 30.6 Å². The molecular formula is C22H26N8O2. The van der Waals surface area contributed by atoms with Gasteiger partial charge in [0.25, 0.3) is 0 Å². The second kappa shape index (κ2) is 8.64. The molecule has 2 fully saturated rings. The molecular weight excluding hydrogens is 408 g/mol. The zero-order valence-corrected chi connectivity index (χ0v) is 18.0. The van der Waals surface area contributed by atoms with E-state index in [1.54, 1.807) is 24.2 Å². The van der Waals surface area contributed by atoms with Gasteiger partial charge in [0.15, 0.2) is 5.82 Å². The van der Waals surface area contributed by atoms with Gasteiger partial charge >= 0.3 is 0 Å². The molecule has 166 valence electrons. The van der Waals surface area contributed by atoms with Crippen LogP contribution >= 0.6 is 0 Å². The summed E-state index contributed by atoms with van der Waals surface area (Å²) in [4.78, 5) is 34.3. The molecule has 0 radical (unpaired) electrons. The smallest absolute Gasteiger partial charge is 0.241 e. The summed E-state index contributed by atoms with van der Waals surface area (Å²) in [5.41, 5.74) is 2.13. The Bertz CT molecular complexity index is 1130. The van der Waals surface area contributed by atoms with Gasteiger partial charge in [-0.25, -0.2) is 19.9 Å². The largest absolute Gasteiger partial charge is 0.387 e. The summed E-state index contributed by atoms with van der Waals surface area (Å²) in [6, 6.07) is 5.51. The molecule has 0 aromatic carbocycles. The van der Waals surface area contributed by atoms with Gasteiger partial charge in [0, 0.05) is 37.8 Å². The summed E-state index contributed by atoms with van der Waals surface area (Å²) in [6.45, 7) is 5.29. The lowest BCUT2D eigenvalue weighted by Gasteiger charge is -2.27. The Labute approximate surface area is 185 Å². The van der Waals surface area contributed by atoms with E-state index in [4.69, 9.17) is 9.97 Å². The van der Waals surface area contributed by atoms with Crippen LogP contribution in [0.3, 0.4) is 0 Å². The van der Waals surface area contributed by atoms with Gasteiger partial charge in [0.2, 0.25) is 11.9 Å². The zero-order valence-electron chi connectivity index (χ0n) is 18.0. The Balaban J connectivity index is 1.42. The highest BCUT2D eigenvalue weighted by Gasteiger charge is 2.21. The predicted molar refractivity (Wildman–Crippen MR) is 122 cm³/mol. The van der Waals surface area contributed by atoms with Crippen LogP contribution in [-0.2, 0) is 4.79 Å². The first kappa shape index (κ1) is 20.5. The van der Waals surface area contributed by atoms with E-state index in [0.29, 0.717) is 30.5 Å². The van der Waals surface area contributed by atoms with Crippen LogP contribution < -0.4 is 20.4 Å². The van der Waals surface area contributed by atoms with Crippen molar-refractivity contribution in [1.29, 1.82) is 0 Å². The molecule has 0 bridgehead atoms. The van der Waals surface area contributed by atoms with Crippen molar-refractivity contribution in [2.75, 3.05) is 47.8 Å². The molecule has 3 N–H and O–H groups in total. The number of hydrogen-bond donors (Lipinski definition) is 3. The Hall–Kier alpha value is -3.37. The van der Waals surface area contributed by atoms with Gasteiger partial charge in [0.05, 0.1) is 30.2 Å². The van der Waals surface area contributed by atoms with E-state index < -0.39 is 6.10 Å². The Morgan fingerprint density at radius 2 is 1.97 bits per heavy atom. The van der Waals surface area contributed by atoms with E-state index in [0.717, 1.165) is 54.9 Å². The summed E-state index contributed by atoms with van der Waals surface area (Å²) in [7, 11) is 0. The Morgan fingerprint density at radius 1 is 1.12 bits per heavy atom. The van der Waals surface area contributed by atoms with Crippen LogP contribution in [0.2, 0.25) is 0 Å². The minimum Gasteiger partial charge on any atom is -0.387 e.